The van der Waals surface area contributed by atoms with Crippen LogP contribution in [0, 0.1) is 0 Å². The third-order valence-electron chi connectivity index (χ3n) is 4.73. The average molecular weight is 319 g/mol. The molecule has 0 radical (unpaired) electrons. The summed E-state index contributed by atoms with van der Waals surface area (Å²) in [4.78, 5) is 25.3. The molecular formula is C16H25N5O2. The molecule has 1 aliphatic heterocycles. The van der Waals surface area contributed by atoms with E-state index in [1.54, 1.807) is 0 Å². The molecule has 2 aliphatic rings. The van der Waals surface area contributed by atoms with Crippen molar-refractivity contribution in [2.45, 2.75) is 44.7 Å². The Bertz CT molecular complexity index is 559. The van der Waals surface area contributed by atoms with Gasteiger partial charge in [0, 0.05) is 19.6 Å². The van der Waals surface area contributed by atoms with Gasteiger partial charge < -0.3 is 20.2 Å². The van der Waals surface area contributed by atoms with E-state index in [2.05, 4.69) is 15.3 Å². The number of carbonyl (C=O) groups excluding carboxylic acids is 1. The number of hydrogen-bond donors (Lipinski definition) is 2. The summed E-state index contributed by atoms with van der Waals surface area (Å²) in [6, 6.07) is 0.321. The lowest BCUT2D eigenvalue weighted by Gasteiger charge is -2.33. The van der Waals surface area contributed by atoms with E-state index in [1.165, 1.54) is 25.6 Å². The molecule has 0 unspecified atom stereocenters. The molecule has 2 heterocycles. The van der Waals surface area contributed by atoms with E-state index in [-0.39, 0.29) is 12.5 Å². The van der Waals surface area contributed by atoms with Gasteiger partial charge in [-0.25, -0.2) is 9.97 Å². The lowest BCUT2D eigenvalue weighted by molar-refractivity contribution is -0.133. The highest BCUT2D eigenvalue weighted by Crippen LogP contribution is 2.31. The number of aliphatic hydroxyl groups excluding tert-OH is 1. The predicted molar refractivity (Wildman–Crippen MR) is 88.3 cm³/mol. The number of nitrogens with one attached hydrogen (secondary N) is 1. The van der Waals surface area contributed by atoms with E-state index in [0.29, 0.717) is 31.5 Å². The zero-order valence-corrected chi connectivity index (χ0v) is 13.7. The standard InChI is InChI=1S/C16H25N5O2/c1-20-10-14(23)21(12-5-3-2-4-6-12)9-13-15(17-7-8-22)18-11-19-16(13)20/h11-12,22H,2-10H2,1H3,(H,17,18,19). The van der Waals surface area contributed by atoms with Crippen molar-refractivity contribution in [3.8, 4) is 0 Å². The number of aliphatic hydroxyl groups is 1. The molecule has 0 bridgehead atoms. The van der Waals surface area contributed by atoms with Crippen LogP contribution >= 0.6 is 0 Å². The fourth-order valence-corrected chi connectivity index (χ4v) is 3.56. The lowest BCUT2D eigenvalue weighted by Crippen LogP contribution is -2.43. The fourth-order valence-electron chi connectivity index (χ4n) is 3.56. The molecule has 3 rings (SSSR count). The normalized spacial score (nSPS) is 19.5. The van der Waals surface area contributed by atoms with Crippen LogP contribution in [0.4, 0.5) is 11.6 Å². The Hall–Kier alpha value is -1.89. The first-order valence-electron chi connectivity index (χ1n) is 8.40. The topological polar surface area (TPSA) is 81.6 Å². The van der Waals surface area contributed by atoms with Gasteiger partial charge in [-0.15, -0.1) is 0 Å². The van der Waals surface area contributed by atoms with E-state index in [0.717, 1.165) is 24.2 Å². The molecule has 1 aromatic rings. The Labute approximate surface area is 136 Å². The summed E-state index contributed by atoms with van der Waals surface area (Å²) in [6.07, 6.45) is 7.32. The summed E-state index contributed by atoms with van der Waals surface area (Å²) in [5, 5.41) is 12.2. The van der Waals surface area contributed by atoms with Crippen LogP contribution in [-0.4, -0.2) is 58.7 Å². The molecule has 0 saturated heterocycles. The maximum Gasteiger partial charge on any atom is 0.242 e. The Morgan fingerprint density at radius 3 is 2.78 bits per heavy atom. The maximum atomic E-state index is 12.7. The number of carbonyl (C=O) groups is 1. The van der Waals surface area contributed by atoms with Crippen LogP contribution in [0.15, 0.2) is 6.33 Å². The van der Waals surface area contributed by atoms with E-state index in [4.69, 9.17) is 5.11 Å². The number of amides is 1. The summed E-state index contributed by atoms with van der Waals surface area (Å²) >= 11 is 0. The molecule has 1 aliphatic carbocycles. The van der Waals surface area contributed by atoms with Gasteiger partial charge in [-0.1, -0.05) is 19.3 Å². The van der Waals surface area contributed by atoms with Gasteiger partial charge in [0.05, 0.1) is 25.3 Å². The van der Waals surface area contributed by atoms with Crippen LogP contribution in [0.3, 0.4) is 0 Å². The second-order valence-corrected chi connectivity index (χ2v) is 6.34. The molecule has 7 nitrogen and oxygen atoms in total. The molecular weight excluding hydrogens is 294 g/mol. The number of fused-ring (bicyclic) bond motifs is 1. The second kappa shape index (κ2) is 7.12. The van der Waals surface area contributed by atoms with Gasteiger partial charge in [-0.3, -0.25) is 4.79 Å². The van der Waals surface area contributed by atoms with Gasteiger partial charge in [-0.2, -0.15) is 0 Å². The second-order valence-electron chi connectivity index (χ2n) is 6.34. The molecule has 0 atom stereocenters. The number of aromatic nitrogens is 2. The van der Waals surface area contributed by atoms with Gasteiger partial charge in [0.25, 0.3) is 0 Å². The van der Waals surface area contributed by atoms with Crippen molar-refractivity contribution in [3.05, 3.63) is 11.9 Å². The van der Waals surface area contributed by atoms with Gasteiger partial charge in [0.1, 0.15) is 18.0 Å². The van der Waals surface area contributed by atoms with Crippen LogP contribution in [0.1, 0.15) is 37.7 Å². The van der Waals surface area contributed by atoms with Gasteiger partial charge in [0.15, 0.2) is 0 Å². The van der Waals surface area contributed by atoms with Crippen molar-refractivity contribution in [2.75, 3.05) is 37.0 Å². The highest BCUT2D eigenvalue weighted by molar-refractivity contribution is 5.83. The molecule has 1 amide bonds. The monoisotopic (exact) mass is 319 g/mol. The van der Waals surface area contributed by atoms with Gasteiger partial charge in [0.2, 0.25) is 5.91 Å². The average Bonchev–Trinajstić information content (AvgIpc) is 2.70. The SMILES string of the molecule is CN1CC(=O)N(C2CCCCC2)Cc2c(NCCO)ncnc21. The van der Waals surface area contributed by atoms with Crippen molar-refractivity contribution >= 4 is 17.5 Å². The minimum atomic E-state index is 0.0416. The third-order valence-corrected chi connectivity index (χ3v) is 4.73. The first kappa shape index (κ1) is 16.0. The minimum absolute atomic E-state index is 0.0416. The lowest BCUT2D eigenvalue weighted by atomic mass is 9.94. The molecule has 1 saturated carbocycles. The van der Waals surface area contributed by atoms with E-state index in [1.807, 2.05) is 16.8 Å². The van der Waals surface area contributed by atoms with Crippen LogP contribution < -0.4 is 10.2 Å². The van der Waals surface area contributed by atoms with Crippen LogP contribution in [-0.2, 0) is 11.3 Å². The van der Waals surface area contributed by atoms with Crippen molar-refractivity contribution in [1.82, 2.24) is 14.9 Å². The predicted octanol–water partition coefficient (Wildman–Crippen LogP) is 0.992. The summed E-state index contributed by atoms with van der Waals surface area (Å²) in [7, 11) is 1.89. The van der Waals surface area contributed by atoms with Crippen molar-refractivity contribution in [2.24, 2.45) is 0 Å². The van der Waals surface area contributed by atoms with Crippen molar-refractivity contribution in [1.29, 1.82) is 0 Å². The first-order valence-corrected chi connectivity index (χ1v) is 8.40. The van der Waals surface area contributed by atoms with E-state index in [9.17, 15) is 4.79 Å². The van der Waals surface area contributed by atoms with Crippen LogP contribution in [0.2, 0.25) is 0 Å². The van der Waals surface area contributed by atoms with Crippen molar-refractivity contribution in [3.63, 3.8) is 0 Å². The number of anilines is 2. The third kappa shape index (κ3) is 3.39. The first-order chi connectivity index (χ1) is 11.2. The zero-order chi connectivity index (χ0) is 16.2. The molecule has 126 valence electrons. The smallest absolute Gasteiger partial charge is 0.242 e. The number of hydrogen-bond acceptors (Lipinski definition) is 6. The summed E-state index contributed by atoms with van der Waals surface area (Å²) < 4.78 is 0. The Morgan fingerprint density at radius 1 is 1.26 bits per heavy atom. The van der Waals surface area contributed by atoms with Crippen molar-refractivity contribution < 1.29 is 9.90 Å². The summed E-state index contributed by atoms with van der Waals surface area (Å²) in [5.41, 5.74) is 0.944. The van der Waals surface area contributed by atoms with E-state index < -0.39 is 0 Å². The number of rotatable bonds is 4. The van der Waals surface area contributed by atoms with Gasteiger partial charge in [-0.05, 0) is 12.8 Å². The molecule has 0 aromatic carbocycles. The Balaban J connectivity index is 1.91. The molecule has 1 aromatic heterocycles. The summed E-state index contributed by atoms with van der Waals surface area (Å²) in [5.74, 6) is 1.67. The largest absolute Gasteiger partial charge is 0.395 e. The quantitative estimate of drug-likeness (QED) is 0.861. The highest BCUT2D eigenvalue weighted by Gasteiger charge is 2.32. The molecule has 7 heteroatoms. The molecule has 0 spiro atoms. The number of likely N-dealkylation sites (N-methyl/N-ethyl adjacent to an activating group) is 1. The number of nitrogens with zero attached hydrogens (tertiary/aromatic N) is 4. The molecule has 23 heavy (non-hydrogen) atoms. The van der Waals surface area contributed by atoms with Crippen LogP contribution in [0.5, 0.6) is 0 Å². The Kier molecular flexibility index (Phi) is 4.95. The molecule has 1 fully saturated rings. The molecule has 2 N–H and O–H groups in total. The van der Waals surface area contributed by atoms with E-state index >= 15 is 0 Å². The summed E-state index contributed by atoms with van der Waals surface area (Å²) in [6.45, 7) is 1.36. The fraction of sp³-hybridized carbons (Fsp3) is 0.688. The maximum absolute atomic E-state index is 12.7. The minimum Gasteiger partial charge on any atom is -0.395 e. The van der Waals surface area contributed by atoms with Crippen LogP contribution in [0.25, 0.3) is 0 Å². The van der Waals surface area contributed by atoms with Gasteiger partial charge >= 0.3 is 0 Å². The zero-order valence-electron chi connectivity index (χ0n) is 13.7. The Morgan fingerprint density at radius 2 is 2.04 bits per heavy atom. The highest BCUT2D eigenvalue weighted by atomic mass is 16.3.